The third kappa shape index (κ3) is 2.45. The molecule has 0 amide bonds. The molecule has 4 heteroatoms. The van der Waals surface area contributed by atoms with Gasteiger partial charge in [-0.1, -0.05) is 22.5 Å². The number of benzene rings is 1. The molecule has 3 rings (SSSR count). The summed E-state index contributed by atoms with van der Waals surface area (Å²) in [4.78, 5) is 6.83. The Kier molecular flexibility index (Phi) is 3.76. The molecule has 2 heterocycles. The van der Waals surface area contributed by atoms with Gasteiger partial charge in [-0.25, -0.2) is 0 Å². The molecule has 0 bridgehead atoms. The van der Waals surface area contributed by atoms with Crippen molar-refractivity contribution >= 4 is 32.5 Å². The van der Waals surface area contributed by atoms with E-state index in [1.165, 1.54) is 10.9 Å². The zero-order valence-corrected chi connectivity index (χ0v) is 13.1. The minimum Gasteiger partial charge on any atom is -0.378 e. The van der Waals surface area contributed by atoms with Gasteiger partial charge in [0.2, 0.25) is 0 Å². The van der Waals surface area contributed by atoms with Crippen LogP contribution in [-0.2, 0) is 4.74 Å². The van der Waals surface area contributed by atoms with Crippen molar-refractivity contribution in [2.24, 2.45) is 0 Å². The van der Waals surface area contributed by atoms with E-state index >= 15 is 0 Å². The Bertz CT molecular complexity index is 663. The second-order valence-corrected chi connectivity index (χ2v) is 5.92. The van der Waals surface area contributed by atoms with Crippen LogP contribution in [0.3, 0.4) is 0 Å². The normalized spacial score (nSPS) is 15.6. The topological polar surface area (TPSA) is 25.4 Å². The van der Waals surface area contributed by atoms with Gasteiger partial charge in [0.25, 0.3) is 0 Å². The molecule has 20 heavy (non-hydrogen) atoms. The van der Waals surface area contributed by atoms with Gasteiger partial charge in [-0.2, -0.15) is 0 Å². The molecule has 1 saturated heterocycles. The highest BCUT2D eigenvalue weighted by Gasteiger charge is 2.16. The number of pyridine rings is 1. The number of ether oxygens (including phenoxy) is 1. The zero-order valence-electron chi connectivity index (χ0n) is 11.5. The minimum absolute atomic E-state index is 0.768. The molecule has 0 spiro atoms. The number of aromatic nitrogens is 1. The van der Waals surface area contributed by atoms with Crippen LogP contribution in [0.1, 0.15) is 11.1 Å². The molecule has 1 aromatic carbocycles. The molecule has 1 aromatic heterocycles. The van der Waals surface area contributed by atoms with E-state index in [2.05, 4.69) is 45.4 Å². The van der Waals surface area contributed by atoms with E-state index < -0.39 is 0 Å². The fourth-order valence-corrected chi connectivity index (χ4v) is 2.95. The maximum atomic E-state index is 5.40. The van der Waals surface area contributed by atoms with Crippen LogP contribution < -0.4 is 0 Å². The first-order valence-electron chi connectivity index (χ1n) is 6.73. The lowest BCUT2D eigenvalue weighted by Gasteiger charge is -2.31. The average Bonchev–Trinajstić information content (AvgIpc) is 2.48. The first-order chi connectivity index (χ1) is 9.66. The zero-order chi connectivity index (χ0) is 14.1. The fourth-order valence-electron chi connectivity index (χ4n) is 2.59. The highest BCUT2D eigenvalue weighted by molar-refractivity contribution is 9.10. The summed E-state index contributed by atoms with van der Waals surface area (Å²) in [7, 11) is 0. The highest BCUT2D eigenvalue weighted by Crippen LogP contribution is 2.28. The summed E-state index contributed by atoms with van der Waals surface area (Å²) in [5.41, 5.74) is 4.41. The van der Waals surface area contributed by atoms with Crippen LogP contribution in [0.4, 0.5) is 0 Å². The summed E-state index contributed by atoms with van der Waals surface area (Å²) >= 11 is 3.53. The maximum Gasteiger partial charge on any atom is 0.0705 e. The summed E-state index contributed by atoms with van der Waals surface area (Å²) in [5.74, 6) is 0. The molecule has 1 aliphatic rings. The molecule has 0 aliphatic carbocycles. The van der Waals surface area contributed by atoms with Crippen LogP contribution in [0.15, 0.2) is 35.4 Å². The number of hydrogen-bond donors (Lipinski definition) is 0. The molecule has 0 unspecified atom stereocenters. The summed E-state index contributed by atoms with van der Waals surface area (Å²) in [6.07, 6.45) is 1.93. The van der Waals surface area contributed by atoms with Gasteiger partial charge in [-0.15, -0.1) is 0 Å². The predicted octanol–water partition coefficient (Wildman–Crippen LogP) is 3.61. The van der Waals surface area contributed by atoms with Crippen LogP contribution in [0.2, 0.25) is 0 Å². The van der Waals surface area contributed by atoms with Gasteiger partial charge in [-0.05, 0) is 30.7 Å². The van der Waals surface area contributed by atoms with Crippen molar-refractivity contribution in [2.45, 2.75) is 6.92 Å². The van der Waals surface area contributed by atoms with Gasteiger partial charge in [0.1, 0.15) is 0 Å². The van der Waals surface area contributed by atoms with Crippen molar-refractivity contribution in [3.8, 4) is 0 Å². The molecule has 3 nitrogen and oxygen atoms in total. The molecule has 1 fully saturated rings. The van der Waals surface area contributed by atoms with Crippen molar-refractivity contribution in [2.75, 3.05) is 26.3 Å². The number of aryl methyl sites for hydroxylation is 1. The molecular weight excluding hydrogens is 316 g/mol. The Morgan fingerprint density at radius 3 is 2.85 bits per heavy atom. The van der Waals surface area contributed by atoms with Crippen LogP contribution in [0.25, 0.3) is 16.6 Å². The second kappa shape index (κ2) is 5.54. The predicted molar refractivity (Wildman–Crippen MR) is 85.6 cm³/mol. The van der Waals surface area contributed by atoms with Crippen molar-refractivity contribution < 1.29 is 4.74 Å². The molecule has 104 valence electrons. The Hall–Kier alpha value is -1.39. The van der Waals surface area contributed by atoms with Gasteiger partial charge in [0.05, 0.1) is 18.7 Å². The molecule has 0 saturated carbocycles. The number of hydrogen-bond acceptors (Lipinski definition) is 3. The number of rotatable bonds is 2. The Balaban J connectivity index is 2.02. The Morgan fingerprint density at radius 2 is 2.10 bits per heavy atom. The van der Waals surface area contributed by atoms with E-state index in [1.54, 1.807) is 0 Å². The second-order valence-electron chi connectivity index (χ2n) is 5.00. The third-order valence-electron chi connectivity index (χ3n) is 3.80. The number of morpholine rings is 1. The van der Waals surface area contributed by atoms with Crippen molar-refractivity contribution in [1.29, 1.82) is 0 Å². The van der Waals surface area contributed by atoms with Gasteiger partial charge in [0.15, 0.2) is 0 Å². The monoisotopic (exact) mass is 332 g/mol. The summed E-state index contributed by atoms with van der Waals surface area (Å²) in [5, 5.41) is 1.17. The number of fused-ring (bicyclic) bond motifs is 1. The van der Waals surface area contributed by atoms with E-state index in [9.17, 15) is 0 Å². The lowest BCUT2D eigenvalue weighted by Crippen LogP contribution is -2.34. The highest BCUT2D eigenvalue weighted by atomic mass is 79.9. The van der Waals surface area contributed by atoms with Crippen molar-refractivity contribution in [3.63, 3.8) is 0 Å². The first-order valence-corrected chi connectivity index (χ1v) is 7.53. The minimum atomic E-state index is 0.768. The van der Waals surface area contributed by atoms with E-state index in [-0.39, 0.29) is 0 Å². The lowest BCUT2D eigenvalue weighted by atomic mass is 10.0. The molecule has 2 aromatic rings. The van der Waals surface area contributed by atoms with Crippen LogP contribution in [0, 0.1) is 6.92 Å². The quantitative estimate of drug-likeness (QED) is 0.840. The lowest BCUT2D eigenvalue weighted by molar-refractivity contribution is 0.0640. The largest absolute Gasteiger partial charge is 0.378 e. The van der Waals surface area contributed by atoms with E-state index in [0.717, 1.165) is 47.6 Å². The first kappa shape index (κ1) is 13.6. The van der Waals surface area contributed by atoms with Gasteiger partial charge in [0, 0.05) is 40.4 Å². The van der Waals surface area contributed by atoms with Gasteiger partial charge < -0.3 is 9.64 Å². The average molecular weight is 333 g/mol. The summed E-state index contributed by atoms with van der Waals surface area (Å²) in [6, 6.07) is 6.17. The summed E-state index contributed by atoms with van der Waals surface area (Å²) in [6.45, 7) is 9.73. The Morgan fingerprint density at radius 1 is 1.35 bits per heavy atom. The Labute approximate surface area is 127 Å². The molecule has 0 atom stereocenters. The number of nitrogens with zero attached hydrogens (tertiary/aromatic N) is 2. The van der Waals surface area contributed by atoms with Crippen molar-refractivity contribution in [1.82, 2.24) is 9.88 Å². The fraction of sp³-hybridized carbons (Fsp3) is 0.312. The molecular formula is C16H17BrN2O. The summed E-state index contributed by atoms with van der Waals surface area (Å²) < 4.78 is 6.47. The third-order valence-corrected chi connectivity index (χ3v) is 4.30. The van der Waals surface area contributed by atoms with Crippen molar-refractivity contribution in [3.05, 3.63) is 46.6 Å². The SMILES string of the molecule is C=C(c1cnc2ccc(Br)cc2c1C)N1CCOCC1. The van der Waals surface area contributed by atoms with Gasteiger partial charge in [-0.3, -0.25) is 4.98 Å². The van der Waals surface area contributed by atoms with E-state index in [4.69, 9.17) is 4.74 Å². The standard InChI is InChI=1S/C16H17BrN2O/c1-11-14-9-13(17)3-4-16(14)18-10-15(11)12(2)19-5-7-20-8-6-19/h3-4,9-10H,2,5-8H2,1H3. The van der Waals surface area contributed by atoms with Crippen LogP contribution in [0.5, 0.6) is 0 Å². The van der Waals surface area contributed by atoms with E-state index in [1.807, 2.05) is 18.3 Å². The molecule has 1 aliphatic heterocycles. The maximum absolute atomic E-state index is 5.40. The van der Waals surface area contributed by atoms with E-state index in [0.29, 0.717) is 0 Å². The van der Waals surface area contributed by atoms with Crippen LogP contribution >= 0.6 is 15.9 Å². The van der Waals surface area contributed by atoms with Crippen LogP contribution in [-0.4, -0.2) is 36.2 Å². The smallest absolute Gasteiger partial charge is 0.0705 e. The van der Waals surface area contributed by atoms with Gasteiger partial charge >= 0.3 is 0 Å². The molecule has 0 N–H and O–H groups in total. The molecule has 0 radical (unpaired) electrons. The number of halogens is 1.